The SMILES string of the molecule is CC(=O)C1C(=O)NC1(C(=O)OC(C)C)C(=O)OC(C)C. The molecule has 7 heteroatoms. The molecule has 1 unspecified atom stereocenters. The van der Waals surface area contributed by atoms with Gasteiger partial charge in [0.05, 0.1) is 12.2 Å². The second-order valence-electron chi connectivity index (χ2n) is 5.25. The molecule has 1 heterocycles. The van der Waals surface area contributed by atoms with Crippen LogP contribution in [0.25, 0.3) is 0 Å². The molecule has 0 saturated carbocycles. The van der Waals surface area contributed by atoms with E-state index in [0.29, 0.717) is 0 Å². The second kappa shape index (κ2) is 5.60. The Kier molecular flexibility index (Phi) is 4.52. The van der Waals surface area contributed by atoms with Gasteiger partial charge in [-0.25, -0.2) is 9.59 Å². The quantitative estimate of drug-likeness (QED) is 0.432. The van der Waals surface area contributed by atoms with Crippen molar-refractivity contribution >= 4 is 23.6 Å². The molecule has 1 atom stereocenters. The van der Waals surface area contributed by atoms with Crippen LogP contribution < -0.4 is 5.32 Å². The summed E-state index contributed by atoms with van der Waals surface area (Å²) in [5.74, 6) is -4.62. The van der Waals surface area contributed by atoms with E-state index in [1.165, 1.54) is 0 Å². The van der Waals surface area contributed by atoms with Crippen molar-refractivity contribution in [2.24, 2.45) is 5.92 Å². The van der Waals surface area contributed by atoms with Gasteiger partial charge in [-0.3, -0.25) is 9.59 Å². The number of hydrogen-bond acceptors (Lipinski definition) is 6. The van der Waals surface area contributed by atoms with E-state index in [-0.39, 0.29) is 0 Å². The molecule has 1 saturated heterocycles. The van der Waals surface area contributed by atoms with Crippen molar-refractivity contribution < 1.29 is 28.7 Å². The fourth-order valence-electron chi connectivity index (χ4n) is 1.98. The van der Waals surface area contributed by atoms with Crippen molar-refractivity contribution in [3.63, 3.8) is 0 Å². The number of carbonyl (C=O) groups excluding carboxylic acids is 4. The molecule has 0 spiro atoms. The lowest BCUT2D eigenvalue weighted by Crippen LogP contribution is -2.79. The van der Waals surface area contributed by atoms with Crippen LogP contribution in [0.3, 0.4) is 0 Å². The van der Waals surface area contributed by atoms with E-state index in [0.717, 1.165) is 6.92 Å². The van der Waals surface area contributed by atoms with Gasteiger partial charge in [-0.05, 0) is 34.6 Å². The summed E-state index contributed by atoms with van der Waals surface area (Å²) in [5.41, 5.74) is -2.06. The molecule has 0 aliphatic carbocycles. The van der Waals surface area contributed by atoms with Crippen molar-refractivity contribution in [3.05, 3.63) is 0 Å². The number of nitrogens with one attached hydrogen (secondary N) is 1. The maximum atomic E-state index is 12.2. The zero-order chi connectivity index (χ0) is 15.7. The van der Waals surface area contributed by atoms with Crippen molar-refractivity contribution in [3.8, 4) is 0 Å². The Hall–Kier alpha value is -1.92. The number of rotatable bonds is 5. The number of ketones is 1. The Morgan fingerprint density at radius 2 is 1.45 bits per heavy atom. The van der Waals surface area contributed by atoms with Gasteiger partial charge in [0.15, 0.2) is 0 Å². The van der Waals surface area contributed by atoms with Crippen molar-refractivity contribution in [1.82, 2.24) is 5.32 Å². The maximum absolute atomic E-state index is 12.2. The predicted molar refractivity (Wildman–Crippen MR) is 67.5 cm³/mol. The van der Waals surface area contributed by atoms with Crippen LogP contribution in [0, 0.1) is 5.92 Å². The molecule has 0 aromatic rings. The van der Waals surface area contributed by atoms with Crippen molar-refractivity contribution in [1.29, 1.82) is 0 Å². The highest BCUT2D eigenvalue weighted by Gasteiger charge is 2.68. The number of β-lactam (4-membered cyclic amide) rings is 1. The molecule has 1 rings (SSSR count). The van der Waals surface area contributed by atoms with Crippen LogP contribution in [0.4, 0.5) is 0 Å². The number of hydrogen-bond donors (Lipinski definition) is 1. The standard InChI is InChI=1S/C13H19NO6/c1-6(2)19-11(17)13(12(18)20-7(3)4)9(8(5)15)10(16)14-13/h6-7,9H,1-5H3,(H,14,16). The third-order valence-corrected chi connectivity index (χ3v) is 2.75. The van der Waals surface area contributed by atoms with Crippen LogP contribution in [0.1, 0.15) is 34.6 Å². The highest BCUT2D eigenvalue weighted by atomic mass is 16.6. The molecule has 112 valence electrons. The van der Waals surface area contributed by atoms with Crippen LogP contribution >= 0.6 is 0 Å². The predicted octanol–water partition coefficient (Wildman–Crippen LogP) is -0.0366. The Labute approximate surface area is 117 Å². The summed E-state index contributed by atoms with van der Waals surface area (Å²) in [4.78, 5) is 47.4. The van der Waals surface area contributed by atoms with E-state index in [2.05, 4.69) is 5.32 Å². The van der Waals surface area contributed by atoms with Crippen LogP contribution in [0.15, 0.2) is 0 Å². The molecule has 0 bridgehead atoms. The van der Waals surface area contributed by atoms with Gasteiger partial charge in [0.2, 0.25) is 5.91 Å². The molecule has 20 heavy (non-hydrogen) atoms. The van der Waals surface area contributed by atoms with Crippen LogP contribution in [0.5, 0.6) is 0 Å². The summed E-state index contributed by atoms with van der Waals surface area (Å²) in [6.07, 6.45) is -0.979. The minimum atomic E-state index is -2.06. The van der Waals surface area contributed by atoms with E-state index in [1.807, 2.05) is 0 Å². The van der Waals surface area contributed by atoms with Crippen molar-refractivity contribution in [2.45, 2.75) is 52.4 Å². The maximum Gasteiger partial charge on any atom is 0.345 e. The summed E-state index contributed by atoms with van der Waals surface area (Å²) in [7, 11) is 0. The third-order valence-electron chi connectivity index (χ3n) is 2.75. The second-order valence-corrected chi connectivity index (χ2v) is 5.25. The van der Waals surface area contributed by atoms with E-state index in [9.17, 15) is 19.2 Å². The average Bonchev–Trinajstić information content (AvgIpc) is 2.21. The highest BCUT2D eigenvalue weighted by Crippen LogP contribution is 2.32. The molecular weight excluding hydrogens is 266 g/mol. The average molecular weight is 285 g/mol. The van der Waals surface area contributed by atoms with Crippen LogP contribution in [0.2, 0.25) is 0 Å². The molecule has 7 nitrogen and oxygen atoms in total. The molecule has 1 aliphatic heterocycles. The topological polar surface area (TPSA) is 98.8 Å². The Morgan fingerprint density at radius 1 is 1.05 bits per heavy atom. The fourth-order valence-corrected chi connectivity index (χ4v) is 1.98. The Morgan fingerprint density at radius 3 is 1.70 bits per heavy atom. The van der Waals surface area contributed by atoms with E-state index in [4.69, 9.17) is 9.47 Å². The molecule has 1 aliphatic rings. The van der Waals surface area contributed by atoms with Gasteiger partial charge < -0.3 is 14.8 Å². The molecule has 1 amide bonds. The summed E-state index contributed by atoms with van der Waals surface area (Å²) in [5, 5.41) is 2.19. The molecule has 0 aromatic carbocycles. The number of ether oxygens (including phenoxy) is 2. The molecule has 0 radical (unpaired) electrons. The Bertz CT molecular complexity index is 424. The summed E-state index contributed by atoms with van der Waals surface area (Å²) in [6, 6.07) is 0. The van der Waals surface area contributed by atoms with Gasteiger partial charge in [-0.1, -0.05) is 0 Å². The lowest BCUT2D eigenvalue weighted by molar-refractivity contribution is -0.187. The first-order chi connectivity index (χ1) is 9.12. The van der Waals surface area contributed by atoms with E-state index in [1.54, 1.807) is 27.7 Å². The molecule has 1 fully saturated rings. The largest absolute Gasteiger partial charge is 0.461 e. The van der Waals surface area contributed by atoms with Crippen LogP contribution in [-0.4, -0.2) is 41.4 Å². The number of Topliss-reactive ketones (excluding diaryl/α,β-unsaturated/α-hetero) is 1. The van der Waals surface area contributed by atoms with Gasteiger partial charge in [0.25, 0.3) is 5.54 Å². The molecule has 1 N–H and O–H groups in total. The zero-order valence-corrected chi connectivity index (χ0v) is 12.2. The van der Waals surface area contributed by atoms with Crippen molar-refractivity contribution in [2.75, 3.05) is 0 Å². The zero-order valence-electron chi connectivity index (χ0n) is 12.2. The first-order valence-electron chi connectivity index (χ1n) is 6.37. The fraction of sp³-hybridized carbons (Fsp3) is 0.692. The smallest absolute Gasteiger partial charge is 0.345 e. The monoisotopic (exact) mass is 285 g/mol. The number of amides is 1. The summed E-state index contributed by atoms with van der Waals surface area (Å²) < 4.78 is 9.96. The minimum absolute atomic E-state index is 0.490. The van der Waals surface area contributed by atoms with Gasteiger partial charge >= 0.3 is 11.9 Å². The first-order valence-corrected chi connectivity index (χ1v) is 6.37. The number of esters is 2. The van der Waals surface area contributed by atoms with Gasteiger partial charge in [0, 0.05) is 0 Å². The van der Waals surface area contributed by atoms with Gasteiger partial charge in [-0.2, -0.15) is 0 Å². The number of carbonyl (C=O) groups is 4. The Balaban J connectivity index is 3.14. The minimum Gasteiger partial charge on any atom is -0.461 e. The van der Waals surface area contributed by atoms with Gasteiger partial charge in [0.1, 0.15) is 11.7 Å². The van der Waals surface area contributed by atoms with Crippen LogP contribution in [-0.2, 0) is 28.7 Å². The normalized spacial score (nSPS) is 20.1. The first kappa shape index (κ1) is 16.1. The lowest BCUT2D eigenvalue weighted by atomic mass is 9.73. The lowest BCUT2D eigenvalue weighted by Gasteiger charge is -2.43. The summed E-state index contributed by atoms with van der Waals surface area (Å²) >= 11 is 0. The molecular formula is C13H19NO6. The molecule has 0 aromatic heterocycles. The van der Waals surface area contributed by atoms with E-state index >= 15 is 0 Å². The third kappa shape index (κ3) is 2.66. The van der Waals surface area contributed by atoms with E-state index < -0.39 is 47.3 Å². The summed E-state index contributed by atoms with van der Waals surface area (Å²) in [6.45, 7) is 7.54. The highest BCUT2D eigenvalue weighted by molar-refractivity contribution is 6.24. The van der Waals surface area contributed by atoms with Gasteiger partial charge in [-0.15, -0.1) is 0 Å².